The third-order valence-corrected chi connectivity index (χ3v) is 3.64. The minimum absolute atomic E-state index is 0.168. The first kappa shape index (κ1) is 17.0. The van der Waals surface area contributed by atoms with Gasteiger partial charge < -0.3 is 0 Å². The average molecular weight is 345 g/mol. The maximum Gasteiger partial charge on any atom is 0.288 e. The Balaban J connectivity index is 1.76. The fraction of sp³-hybridized carbons (Fsp3) is 0. The van der Waals surface area contributed by atoms with Gasteiger partial charge in [0.1, 0.15) is 5.69 Å². The zero-order valence-electron chi connectivity index (χ0n) is 13.7. The zero-order chi connectivity index (χ0) is 18.4. The molecule has 0 aliphatic carbocycles. The van der Waals surface area contributed by atoms with Gasteiger partial charge in [0, 0.05) is 17.3 Å². The van der Waals surface area contributed by atoms with Crippen LogP contribution in [-0.2, 0) is 0 Å². The highest BCUT2D eigenvalue weighted by Gasteiger charge is 2.18. The lowest BCUT2D eigenvalue weighted by molar-refractivity contribution is 0.0842. The minimum Gasteiger partial charge on any atom is -0.289 e. The molecule has 3 aromatic rings. The van der Waals surface area contributed by atoms with Crippen LogP contribution in [-0.4, -0.2) is 22.6 Å². The molecular formula is C20H15N3O3. The van der Waals surface area contributed by atoms with Gasteiger partial charge in [0.25, 0.3) is 11.8 Å². The molecule has 2 aromatic carbocycles. The highest BCUT2D eigenvalue weighted by Crippen LogP contribution is 2.14. The Kier molecular flexibility index (Phi) is 5.14. The van der Waals surface area contributed by atoms with E-state index < -0.39 is 11.8 Å². The monoisotopic (exact) mass is 345 g/mol. The van der Waals surface area contributed by atoms with Crippen LogP contribution < -0.4 is 10.9 Å². The molecule has 0 fully saturated rings. The Labute approximate surface area is 149 Å². The van der Waals surface area contributed by atoms with E-state index in [0.717, 1.165) is 0 Å². The number of nitrogens with zero attached hydrogens (tertiary/aromatic N) is 1. The van der Waals surface area contributed by atoms with Crippen molar-refractivity contribution in [2.75, 3.05) is 0 Å². The second-order valence-electron chi connectivity index (χ2n) is 5.36. The summed E-state index contributed by atoms with van der Waals surface area (Å²) in [6.07, 6.45) is 1.48. The summed E-state index contributed by atoms with van der Waals surface area (Å²) in [5.74, 6) is -1.41. The smallest absolute Gasteiger partial charge is 0.288 e. The molecule has 0 atom stereocenters. The first-order chi connectivity index (χ1) is 12.7. The number of hydrogen-bond donors (Lipinski definition) is 2. The Morgan fingerprint density at radius 3 is 1.96 bits per heavy atom. The number of carbonyl (C=O) groups excluding carboxylic acids is 3. The number of carbonyl (C=O) groups is 3. The number of pyridine rings is 1. The quantitative estimate of drug-likeness (QED) is 0.561. The van der Waals surface area contributed by atoms with Gasteiger partial charge in [-0.15, -0.1) is 0 Å². The fourth-order valence-electron chi connectivity index (χ4n) is 2.37. The lowest BCUT2D eigenvalue weighted by Crippen LogP contribution is -2.42. The van der Waals surface area contributed by atoms with Gasteiger partial charge in [0.15, 0.2) is 5.78 Å². The Morgan fingerprint density at radius 1 is 0.654 bits per heavy atom. The van der Waals surface area contributed by atoms with Crippen molar-refractivity contribution >= 4 is 17.6 Å². The second kappa shape index (κ2) is 7.85. The largest absolute Gasteiger partial charge is 0.289 e. The number of ketones is 1. The Hall–Kier alpha value is -3.80. The van der Waals surface area contributed by atoms with Crippen LogP contribution in [0.2, 0.25) is 0 Å². The van der Waals surface area contributed by atoms with Crippen molar-refractivity contribution in [1.82, 2.24) is 15.8 Å². The molecule has 1 heterocycles. The molecule has 0 saturated carbocycles. The summed E-state index contributed by atoms with van der Waals surface area (Å²) >= 11 is 0. The summed E-state index contributed by atoms with van der Waals surface area (Å²) in [6.45, 7) is 0. The van der Waals surface area contributed by atoms with Gasteiger partial charge in [-0.25, -0.2) is 0 Å². The predicted octanol–water partition coefficient (Wildman–Crippen LogP) is 2.39. The van der Waals surface area contributed by atoms with Crippen LogP contribution in [0.5, 0.6) is 0 Å². The molecule has 26 heavy (non-hydrogen) atoms. The molecular weight excluding hydrogens is 330 g/mol. The number of nitrogens with one attached hydrogen (secondary N) is 2. The highest BCUT2D eigenvalue weighted by atomic mass is 16.2. The van der Waals surface area contributed by atoms with Crippen LogP contribution in [0.4, 0.5) is 0 Å². The molecule has 0 spiro atoms. The van der Waals surface area contributed by atoms with E-state index in [2.05, 4.69) is 15.8 Å². The van der Waals surface area contributed by atoms with Gasteiger partial charge in [0.05, 0.1) is 5.56 Å². The SMILES string of the molecule is O=C(NNC(=O)c1ccccc1C(=O)c1ccccc1)c1ccccn1. The van der Waals surface area contributed by atoms with Crippen molar-refractivity contribution in [2.45, 2.75) is 0 Å². The number of rotatable bonds is 4. The number of aromatic nitrogens is 1. The third-order valence-electron chi connectivity index (χ3n) is 3.64. The number of hydrogen-bond acceptors (Lipinski definition) is 4. The van der Waals surface area contributed by atoms with Gasteiger partial charge in [-0.05, 0) is 18.2 Å². The molecule has 1 aromatic heterocycles. The standard InChI is InChI=1S/C20H15N3O3/c24-18(14-8-2-1-3-9-14)15-10-4-5-11-16(15)19(25)22-23-20(26)17-12-6-7-13-21-17/h1-13H,(H,22,25)(H,23,26). The van der Waals surface area contributed by atoms with Crippen molar-refractivity contribution in [3.63, 3.8) is 0 Å². The molecule has 0 saturated heterocycles. The van der Waals surface area contributed by atoms with Gasteiger partial charge in [0.2, 0.25) is 0 Å². The zero-order valence-corrected chi connectivity index (χ0v) is 13.7. The molecule has 2 N–H and O–H groups in total. The Morgan fingerprint density at radius 2 is 1.27 bits per heavy atom. The molecule has 0 aliphatic rings. The maximum absolute atomic E-state index is 12.7. The number of hydrazine groups is 1. The average Bonchev–Trinajstić information content (AvgIpc) is 2.72. The normalized spacial score (nSPS) is 10.0. The molecule has 128 valence electrons. The fourth-order valence-corrected chi connectivity index (χ4v) is 2.37. The minimum atomic E-state index is -0.589. The van der Waals surface area contributed by atoms with Gasteiger partial charge >= 0.3 is 0 Å². The summed E-state index contributed by atoms with van der Waals surface area (Å²) in [7, 11) is 0. The number of benzene rings is 2. The van der Waals surface area contributed by atoms with Crippen LogP contribution >= 0.6 is 0 Å². The van der Waals surface area contributed by atoms with E-state index in [0.29, 0.717) is 5.56 Å². The first-order valence-electron chi connectivity index (χ1n) is 7.87. The second-order valence-corrected chi connectivity index (χ2v) is 5.36. The van der Waals surface area contributed by atoms with E-state index in [1.807, 2.05) is 6.07 Å². The van der Waals surface area contributed by atoms with Gasteiger partial charge in [-0.3, -0.25) is 30.2 Å². The summed E-state index contributed by atoms with van der Waals surface area (Å²) in [4.78, 5) is 41.0. The van der Waals surface area contributed by atoms with E-state index in [4.69, 9.17) is 0 Å². The van der Waals surface area contributed by atoms with Gasteiger partial charge in [-0.1, -0.05) is 54.6 Å². The summed E-state index contributed by atoms with van der Waals surface area (Å²) in [6, 6.07) is 20.0. The Bertz CT molecular complexity index is 941. The molecule has 0 radical (unpaired) electrons. The summed E-state index contributed by atoms with van der Waals surface area (Å²) in [5.41, 5.74) is 5.67. The van der Waals surface area contributed by atoms with Crippen molar-refractivity contribution < 1.29 is 14.4 Å². The molecule has 6 nitrogen and oxygen atoms in total. The van der Waals surface area contributed by atoms with E-state index in [1.165, 1.54) is 18.3 Å². The van der Waals surface area contributed by atoms with E-state index in [1.54, 1.807) is 54.6 Å². The van der Waals surface area contributed by atoms with Crippen LogP contribution in [0.25, 0.3) is 0 Å². The van der Waals surface area contributed by atoms with Crippen LogP contribution in [0, 0.1) is 0 Å². The molecule has 6 heteroatoms. The summed E-state index contributed by atoms with van der Waals surface area (Å²) < 4.78 is 0. The molecule has 0 unspecified atom stereocenters. The van der Waals surface area contributed by atoms with E-state index in [-0.39, 0.29) is 22.6 Å². The lowest BCUT2D eigenvalue weighted by Gasteiger charge is -2.10. The molecule has 2 amide bonds. The van der Waals surface area contributed by atoms with Gasteiger partial charge in [-0.2, -0.15) is 0 Å². The van der Waals surface area contributed by atoms with Crippen molar-refractivity contribution in [2.24, 2.45) is 0 Å². The summed E-state index contributed by atoms with van der Waals surface area (Å²) in [5, 5.41) is 0. The third kappa shape index (κ3) is 3.81. The van der Waals surface area contributed by atoms with Crippen molar-refractivity contribution in [1.29, 1.82) is 0 Å². The lowest BCUT2D eigenvalue weighted by atomic mass is 9.98. The van der Waals surface area contributed by atoms with Crippen LogP contribution in [0.15, 0.2) is 79.0 Å². The first-order valence-corrected chi connectivity index (χ1v) is 7.87. The highest BCUT2D eigenvalue weighted by molar-refractivity contribution is 6.15. The predicted molar refractivity (Wildman–Crippen MR) is 95.5 cm³/mol. The van der Waals surface area contributed by atoms with E-state index in [9.17, 15) is 14.4 Å². The van der Waals surface area contributed by atoms with Crippen molar-refractivity contribution in [3.05, 3.63) is 101 Å². The number of amides is 2. The van der Waals surface area contributed by atoms with E-state index >= 15 is 0 Å². The topological polar surface area (TPSA) is 88.2 Å². The molecule has 0 bridgehead atoms. The molecule has 3 rings (SSSR count). The maximum atomic E-state index is 12.7. The van der Waals surface area contributed by atoms with Crippen molar-refractivity contribution in [3.8, 4) is 0 Å². The van der Waals surface area contributed by atoms with Crippen LogP contribution in [0.1, 0.15) is 36.8 Å². The molecule has 0 aliphatic heterocycles. The van der Waals surface area contributed by atoms with Crippen LogP contribution in [0.3, 0.4) is 0 Å².